The molecule has 0 bridgehead atoms. The van der Waals surface area contributed by atoms with E-state index in [1.165, 1.54) is 6.92 Å². The maximum Gasteiger partial charge on any atom is 0.303 e. The maximum atomic E-state index is 13.5. The number of halogens is 2. The molecular formula is C10H14F2O5. The molecule has 1 heterocycles. The minimum Gasteiger partial charge on any atom is -0.456 e. The zero-order valence-electron chi connectivity index (χ0n) is 9.68. The lowest BCUT2D eigenvalue weighted by atomic mass is 10.0. The molecule has 1 rings (SSSR count). The first kappa shape index (κ1) is 13.8. The third kappa shape index (κ3) is 3.36. The predicted octanol–water partition coefficient (Wildman–Crippen LogP) is 0.902. The van der Waals surface area contributed by atoms with E-state index < -0.39 is 42.8 Å². The summed E-state index contributed by atoms with van der Waals surface area (Å²) >= 11 is 0. The fourth-order valence-corrected chi connectivity index (χ4v) is 1.63. The molecular weight excluding hydrogens is 238 g/mol. The Morgan fingerprint density at radius 3 is 2.00 bits per heavy atom. The normalized spacial score (nSPS) is 37.4. The summed E-state index contributed by atoms with van der Waals surface area (Å²) in [6.07, 6.45) is -7.93. The van der Waals surface area contributed by atoms with Gasteiger partial charge in [-0.05, 0) is 6.92 Å². The first-order valence-corrected chi connectivity index (χ1v) is 5.11. The number of hydrogen-bond donors (Lipinski definition) is 0. The van der Waals surface area contributed by atoms with Crippen molar-refractivity contribution in [2.75, 3.05) is 0 Å². The maximum absolute atomic E-state index is 13.5. The average molecular weight is 252 g/mol. The van der Waals surface area contributed by atoms with E-state index in [2.05, 4.69) is 9.47 Å². The molecule has 0 aromatic rings. The van der Waals surface area contributed by atoms with Gasteiger partial charge in [0.15, 0.2) is 18.4 Å². The van der Waals surface area contributed by atoms with E-state index in [1.807, 2.05) is 0 Å². The smallest absolute Gasteiger partial charge is 0.303 e. The predicted molar refractivity (Wildman–Crippen MR) is 51.4 cm³/mol. The molecule has 0 amide bonds. The van der Waals surface area contributed by atoms with Crippen LogP contribution in [0.25, 0.3) is 0 Å². The molecule has 1 aliphatic heterocycles. The third-order valence-electron chi connectivity index (χ3n) is 2.30. The van der Waals surface area contributed by atoms with Crippen LogP contribution in [0.1, 0.15) is 20.8 Å². The quantitative estimate of drug-likeness (QED) is 0.683. The van der Waals surface area contributed by atoms with Crippen LogP contribution in [-0.4, -0.2) is 42.8 Å². The van der Waals surface area contributed by atoms with Crippen molar-refractivity contribution in [1.29, 1.82) is 0 Å². The Kier molecular flexibility index (Phi) is 4.39. The van der Waals surface area contributed by atoms with Crippen molar-refractivity contribution in [3.63, 3.8) is 0 Å². The molecule has 0 aromatic heterocycles. The number of esters is 2. The van der Waals surface area contributed by atoms with Crippen LogP contribution in [0, 0.1) is 0 Å². The topological polar surface area (TPSA) is 61.8 Å². The molecule has 0 radical (unpaired) electrons. The first-order chi connectivity index (χ1) is 7.82. The lowest BCUT2D eigenvalue weighted by Gasteiger charge is -2.38. The van der Waals surface area contributed by atoms with Crippen molar-refractivity contribution in [2.45, 2.75) is 51.6 Å². The van der Waals surface area contributed by atoms with Gasteiger partial charge >= 0.3 is 11.9 Å². The lowest BCUT2D eigenvalue weighted by Crippen LogP contribution is -2.56. The fourth-order valence-electron chi connectivity index (χ4n) is 1.63. The van der Waals surface area contributed by atoms with Crippen LogP contribution in [0.4, 0.5) is 8.78 Å². The highest BCUT2D eigenvalue weighted by atomic mass is 19.2. The molecule has 17 heavy (non-hydrogen) atoms. The average Bonchev–Trinajstić information content (AvgIpc) is 2.19. The largest absolute Gasteiger partial charge is 0.456 e. The summed E-state index contributed by atoms with van der Waals surface area (Å²) in [6.45, 7) is 3.58. The molecule has 2 unspecified atom stereocenters. The van der Waals surface area contributed by atoms with E-state index in [0.717, 1.165) is 13.8 Å². The van der Waals surface area contributed by atoms with Crippen LogP contribution in [0.15, 0.2) is 0 Å². The van der Waals surface area contributed by atoms with E-state index in [9.17, 15) is 18.4 Å². The van der Waals surface area contributed by atoms with Crippen LogP contribution in [-0.2, 0) is 23.8 Å². The monoisotopic (exact) mass is 252 g/mol. The zero-order valence-corrected chi connectivity index (χ0v) is 9.68. The molecule has 7 heteroatoms. The second kappa shape index (κ2) is 5.39. The molecule has 1 aliphatic rings. The van der Waals surface area contributed by atoms with Gasteiger partial charge in [-0.2, -0.15) is 0 Å². The molecule has 0 aromatic carbocycles. The van der Waals surface area contributed by atoms with Crippen LogP contribution in [0.3, 0.4) is 0 Å². The van der Waals surface area contributed by atoms with E-state index in [0.29, 0.717) is 0 Å². The van der Waals surface area contributed by atoms with Gasteiger partial charge in [0.1, 0.15) is 0 Å². The molecule has 1 fully saturated rings. The lowest BCUT2D eigenvalue weighted by molar-refractivity contribution is -0.249. The standard InChI is InChI=1S/C10H14F2O5/c1-4-8(16-5(2)13)9(17-6(3)14)7(11)10(12)15-4/h4,7-10H,1-3H3/t4-,7?,8+,9?,10+/m0/s1. The Labute approximate surface area is 97.0 Å². The summed E-state index contributed by atoms with van der Waals surface area (Å²) in [5.74, 6) is -1.47. The Hall–Kier alpha value is -1.24. The van der Waals surface area contributed by atoms with Crippen LogP contribution < -0.4 is 0 Å². The van der Waals surface area contributed by atoms with E-state index in [4.69, 9.17) is 4.74 Å². The molecule has 1 saturated heterocycles. The number of alkyl halides is 2. The van der Waals surface area contributed by atoms with Crippen molar-refractivity contribution in [3.05, 3.63) is 0 Å². The Morgan fingerprint density at radius 1 is 1.06 bits per heavy atom. The summed E-state index contributed by atoms with van der Waals surface area (Å²) in [4.78, 5) is 21.7. The van der Waals surface area contributed by atoms with Crippen molar-refractivity contribution in [3.8, 4) is 0 Å². The van der Waals surface area contributed by atoms with Gasteiger partial charge in [0.2, 0.25) is 6.36 Å². The van der Waals surface area contributed by atoms with Crippen LogP contribution in [0.2, 0.25) is 0 Å². The van der Waals surface area contributed by atoms with Crippen molar-refractivity contribution in [1.82, 2.24) is 0 Å². The van der Waals surface area contributed by atoms with Crippen molar-refractivity contribution >= 4 is 11.9 Å². The van der Waals surface area contributed by atoms with Gasteiger partial charge in [-0.3, -0.25) is 9.59 Å². The number of carbonyl (C=O) groups is 2. The van der Waals surface area contributed by atoms with Crippen LogP contribution in [0.5, 0.6) is 0 Å². The third-order valence-corrected chi connectivity index (χ3v) is 2.30. The van der Waals surface area contributed by atoms with Gasteiger partial charge in [0, 0.05) is 13.8 Å². The highest BCUT2D eigenvalue weighted by Crippen LogP contribution is 2.28. The van der Waals surface area contributed by atoms with Gasteiger partial charge in [0.25, 0.3) is 0 Å². The number of hydrogen-bond acceptors (Lipinski definition) is 5. The molecule has 0 saturated carbocycles. The van der Waals surface area contributed by atoms with Gasteiger partial charge in [-0.25, -0.2) is 8.78 Å². The van der Waals surface area contributed by atoms with Crippen LogP contribution >= 0.6 is 0 Å². The summed E-state index contributed by atoms with van der Waals surface area (Å²) in [7, 11) is 0. The Bertz CT molecular complexity index is 309. The van der Waals surface area contributed by atoms with Crippen molar-refractivity contribution in [2.24, 2.45) is 0 Å². The van der Waals surface area contributed by atoms with Gasteiger partial charge < -0.3 is 14.2 Å². The van der Waals surface area contributed by atoms with E-state index >= 15 is 0 Å². The number of ether oxygens (including phenoxy) is 3. The molecule has 5 atom stereocenters. The van der Waals surface area contributed by atoms with Gasteiger partial charge in [-0.15, -0.1) is 0 Å². The minimum atomic E-state index is -2.21. The van der Waals surface area contributed by atoms with Gasteiger partial charge in [0.05, 0.1) is 6.10 Å². The molecule has 0 N–H and O–H groups in total. The number of rotatable bonds is 2. The van der Waals surface area contributed by atoms with E-state index in [1.54, 1.807) is 0 Å². The van der Waals surface area contributed by atoms with Crippen molar-refractivity contribution < 1.29 is 32.6 Å². The minimum absolute atomic E-state index is 0.688. The summed E-state index contributed by atoms with van der Waals surface area (Å²) < 4.78 is 40.7. The molecule has 98 valence electrons. The summed E-state index contributed by atoms with van der Waals surface area (Å²) in [6, 6.07) is 0. The van der Waals surface area contributed by atoms with Gasteiger partial charge in [-0.1, -0.05) is 0 Å². The highest BCUT2D eigenvalue weighted by Gasteiger charge is 2.49. The second-order valence-corrected chi connectivity index (χ2v) is 3.78. The van der Waals surface area contributed by atoms with E-state index in [-0.39, 0.29) is 0 Å². The zero-order chi connectivity index (χ0) is 13.2. The highest BCUT2D eigenvalue weighted by molar-refractivity contribution is 5.67. The summed E-state index contributed by atoms with van der Waals surface area (Å²) in [5.41, 5.74) is 0. The Balaban J connectivity index is 2.86. The molecule has 0 spiro atoms. The fraction of sp³-hybridized carbons (Fsp3) is 0.800. The Morgan fingerprint density at radius 2 is 1.53 bits per heavy atom. The molecule has 5 nitrogen and oxygen atoms in total. The number of carbonyl (C=O) groups excluding carboxylic acids is 2. The second-order valence-electron chi connectivity index (χ2n) is 3.78. The first-order valence-electron chi connectivity index (χ1n) is 5.11. The summed E-state index contributed by atoms with van der Waals surface area (Å²) in [5, 5.41) is 0. The molecule has 0 aliphatic carbocycles. The SMILES string of the molecule is CC(=O)OC1C(F)[C@H](F)O[C@@H](C)[C@H]1OC(C)=O.